The van der Waals surface area contributed by atoms with Crippen LogP contribution in [0.5, 0.6) is 0 Å². The van der Waals surface area contributed by atoms with E-state index < -0.39 is 12.0 Å². The van der Waals surface area contributed by atoms with Crippen LogP contribution in [0.4, 0.5) is 4.79 Å². The molecule has 2 amide bonds. The van der Waals surface area contributed by atoms with Crippen LogP contribution in [0.3, 0.4) is 0 Å². The zero-order valence-corrected chi connectivity index (χ0v) is 6.61. The number of urea groups is 1. The molecule has 1 aliphatic heterocycles. The Morgan fingerprint density at radius 1 is 1.58 bits per heavy atom. The Morgan fingerprint density at radius 2 is 2.17 bits per heavy atom. The number of hydrazone groups is 1. The Labute approximate surface area is 68.2 Å². The highest BCUT2D eigenvalue weighted by Crippen LogP contribution is 1.98. The molecule has 0 aromatic carbocycles. The standard InChI is InChI=1S/C5H8N4O3/c1-8-5(12)9(2)7-3(6-8)4(10)11/h1-2H3,(H,6,7)(H,10,11). The van der Waals surface area contributed by atoms with E-state index in [2.05, 4.69) is 10.5 Å². The Balaban J connectivity index is 2.88. The molecule has 66 valence electrons. The summed E-state index contributed by atoms with van der Waals surface area (Å²) in [6, 6.07) is -0.417. The largest absolute Gasteiger partial charge is 0.475 e. The van der Waals surface area contributed by atoms with Gasteiger partial charge in [0.05, 0.1) is 0 Å². The van der Waals surface area contributed by atoms with E-state index in [1.165, 1.54) is 14.1 Å². The summed E-state index contributed by atoms with van der Waals surface area (Å²) in [5, 5.41) is 13.9. The van der Waals surface area contributed by atoms with Crippen LogP contribution >= 0.6 is 0 Å². The lowest BCUT2D eigenvalue weighted by molar-refractivity contribution is -0.130. The molecule has 0 aliphatic carbocycles. The summed E-state index contributed by atoms with van der Waals surface area (Å²) < 4.78 is 0. The number of nitrogens with zero attached hydrogens (tertiary/aromatic N) is 3. The van der Waals surface area contributed by atoms with Gasteiger partial charge < -0.3 is 5.11 Å². The van der Waals surface area contributed by atoms with Crippen LogP contribution in [0.25, 0.3) is 0 Å². The number of amidine groups is 1. The lowest BCUT2D eigenvalue weighted by Gasteiger charge is -2.27. The maximum Gasteiger partial charge on any atom is 0.375 e. The van der Waals surface area contributed by atoms with Crippen molar-refractivity contribution < 1.29 is 14.7 Å². The molecule has 0 unspecified atom stereocenters. The van der Waals surface area contributed by atoms with Gasteiger partial charge in [0.2, 0.25) is 0 Å². The first-order valence-electron chi connectivity index (χ1n) is 3.12. The summed E-state index contributed by atoms with van der Waals surface area (Å²) in [6.45, 7) is 0. The van der Waals surface area contributed by atoms with Gasteiger partial charge in [-0.1, -0.05) is 0 Å². The minimum atomic E-state index is -1.21. The molecule has 0 saturated carbocycles. The zero-order chi connectivity index (χ0) is 9.30. The van der Waals surface area contributed by atoms with Crippen LogP contribution in [0.15, 0.2) is 5.10 Å². The maximum absolute atomic E-state index is 11.0. The number of carbonyl (C=O) groups is 2. The molecule has 2 N–H and O–H groups in total. The number of amides is 2. The van der Waals surface area contributed by atoms with Gasteiger partial charge in [-0.05, 0) is 0 Å². The average molecular weight is 172 g/mol. The van der Waals surface area contributed by atoms with Crippen LogP contribution in [0, 0.1) is 0 Å². The highest BCUT2D eigenvalue weighted by molar-refractivity contribution is 6.34. The van der Waals surface area contributed by atoms with Gasteiger partial charge in [-0.2, -0.15) is 0 Å². The summed E-state index contributed by atoms with van der Waals surface area (Å²) in [4.78, 5) is 21.4. The Bertz CT molecular complexity index is 261. The van der Waals surface area contributed by atoms with Gasteiger partial charge in [-0.25, -0.2) is 19.6 Å². The van der Waals surface area contributed by atoms with Gasteiger partial charge >= 0.3 is 12.0 Å². The second-order valence-corrected chi connectivity index (χ2v) is 2.23. The minimum absolute atomic E-state index is 0.278. The van der Waals surface area contributed by atoms with Crippen molar-refractivity contribution in [3.63, 3.8) is 0 Å². The van der Waals surface area contributed by atoms with Gasteiger partial charge in [0.25, 0.3) is 5.84 Å². The molecule has 0 radical (unpaired) electrons. The molecule has 0 aromatic heterocycles. The summed E-state index contributed by atoms with van der Waals surface area (Å²) in [5.74, 6) is -1.49. The van der Waals surface area contributed by atoms with Gasteiger partial charge in [-0.15, -0.1) is 5.10 Å². The number of aliphatic carboxylic acids is 1. The van der Waals surface area contributed by atoms with Gasteiger partial charge in [0.15, 0.2) is 0 Å². The quantitative estimate of drug-likeness (QED) is 0.525. The third-order valence-electron chi connectivity index (χ3n) is 1.29. The Morgan fingerprint density at radius 3 is 2.58 bits per heavy atom. The number of rotatable bonds is 1. The van der Waals surface area contributed by atoms with Crippen molar-refractivity contribution in [2.24, 2.45) is 5.10 Å². The summed E-state index contributed by atoms with van der Waals surface area (Å²) in [7, 11) is 2.79. The molecule has 0 bridgehead atoms. The normalized spacial score (nSPS) is 17.2. The van der Waals surface area contributed by atoms with Crippen molar-refractivity contribution in [1.29, 1.82) is 0 Å². The van der Waals surface area contributed by atoms with Gasteiger partial charge in [-0.3, -0.25) is 5.43 Å². The van der Waals surface area contributed by atoms with Crippen molar-refractivity contribution in [3.8, 4) is 0 Å². The third-order valence-corrected chi connectivity index (χ3v) is 1.29. The molecule has 7 heteroatoms. The lowest BCUT2D eigenvalue weighted by Crippen LogP contribution is -2.54. The molecule has 7 nitrogen and oxygen atoms in total. The van der Waals surface area contributed by atoms with Gasteiger partial charge in [0, 0.05) is 14.1 Å². The summed E-state index contributed by atoms with van der Waals surface area (Å²) in [6.07, 6.45) is 0. The minimum Gasteiger partial charge on any atom is -0.475 e. The van der Waals surface area contributed by atoms with Crippen molar-refractivity contribution in [1.82, 2.24) is 15.4 Å². The van der Waals surface area contributed by atoms with E-state index >= 15 is 0 Å². The van der Waals surface area contributed by atoms with E-state index in [1.807, 2.05) is 0 Å². The van der Waals surface area contributed by atoms with Crippen molar-refractivity contribution >= 4 is 17.8 Å². The van der Waals surface area contributed by atoms with E-state index in [-0.39, 0.29) is 5.84 Å². The van der Waals surface area contributed by atoms with Crippen molar-refractivity contribution in [2.75, 3.05) is 14.1 Å². The molecule has 0 aromatic rings. The van der Waals surface area contributed by atoms with Crippen LogP contribution in [-0.4, -0.2) is 47.1 Å². The molecule has 0 saturated heterocycles. The number of carbonyl (C=O) groups excluding carboxylic acids is 1. The van der Waals surface area contributed by atoms with Crippen molar-refractivity contribution in [3.05, 3.63) is 0 Å². The number of hydrazine groups is 1. The van der Waals surface area contributed by atoms with Crippen LogP contribution < -0.4 is 5.43 Å². The Kier molecular flexibility index (Phi) is 1.86. The smallest absolute Gasteiger partial charge is 0.375 e. The molecule has 1 aliphatic rings. The van der Waals surface area contributed by atoms with E-state index in [1.54, 1.807) is 0 Å². The molecule has 12 heavy (non-hydrogen) atoms. The highest BCUT2D eigenvalue weighted by atomic mass is 16.4. The predicted molar refractivity (Wildman–Crippen MR) is 39.1 cm³/mol. The number of carboxylic acids is 1. The fourth-order valence-corrected chi connectivity index (χ4v) is 0.729. The first kappa shape index (κ1) is 8.31. The lowest BCUT2D eigenvalue weighted by atomic mass is 10.6. The number of hydrogen-bond donors (Lipinski definition) is 2. The topological polar surface area (TPSA) is 85.2 Å². The summed E-state index contributed by atoms with van der Waals surface area (Å²) in [5.41, 5.74) is 2.29. The molecule has 0 spiro atoms. The van der Waals surface area contributed by atoms with Crippen LogP contribution in [-0.2, 0) is 4.79 Å². The molecule has 0 atom stereocenters. The summed E-state index contributed by atoms with van der Waals surface area (Å²) >= 11 is 0. The molecular formula is C5H8N4O3. The van der Waals surface area contributed by atoms with Crippen LogP contribution in [0.1, 0.15) is 0 Å². The SMILES string of the molecule is CN1N=C(C(=O)O)NN(C)C1=O. The fraction of sp³-hybridized carbons (Fsp3) is 0.400. The Hall–Kier alpha value is -1.79. The van der Waals surface area contributed by atoms with Crippen molar-refractivity contribution in [2.45, 2.75) is 0 Å². The second kappa shape index (κ2) is 2.68. The van der Waals surface area contributed by atoms with Crippen LogP contribution in [0.2, 0.25) is 0 Å². The average Bonchev–Trinajstić information content (AvgIpc) is 1.99. The maximum atomic E-state index is 11.0. The third kappa shape index (κ3) is 1.29. The highest BCUT2D eigenvalue weighted by Gasteiger charge is 2.24. The zero-order valence-electron chi connectivity index (χ0n) is 6.61. The second-order valence-electron chi connectivity index (χ2n) is 2.23. The number of hydrogen-bond acceptors (Lipinski definition) is 4. The van der Waals surface area contributed by atoms with Gasteiger partial charge in [0.1, 0.15) is 0 Å². The number of carboxylic acid groups (broad SMARTS) is 1. The predicted octanol–water partition coefficient (Wildman–Crippen LogP) is -1.11. The fourth-order valence-electron chi connectivity index (χ4n) is 0.729. The monoisotopic (exact) mass is 172 g/mol. The molecule has 1 heterocycles. The first-order valence-corrected chi connectivity index (χ1v) is 3.12. The van der Waals surface area contributed by atoms with E-state index in [4.69, 9.17) is 5.11 Å². The first-order chi connectivity index (χ1) is 5.52. The molecule has 1 rings (SSSR count). The molecular weight excluding hydrogens is 164 g/mol. The van der Waals surface area contributed by atoms with E-state index in [9.17, 15) is 9.59 Å². The number of nitrogens with one attached hydrogen (secondary N) is 1. The van der Waals surface area contributed by atoms with E-state index in [0.717, 1.165) is 10.0 Å². The molecule has 0 fully saturated rings. The van der Waals surface area contributed by atoms with E-state index in [0.29, 0.717) is 0 Å².